The number of rotatable bonds is 0. The van der Waals surface area contributed by atoms with E-state index < -0.39 is 6.10 Å². The molecule has 0 amide bonds. The van der Waals surface area contributed by atoms with E-state index in [1.165, 1.54) is 0 Å². The van der Waals surface area contributed by atoms with Crippen molar-refractivity contribution in [3.8, 4) is 5.75 Å². The standard InChI is InChI=1S/C18H10O2/c19-17-14-9-12-7-10-3-1-2-4-13(10)18-15(12)8-11(14)5-6-16(17)20-18/h1-9,16H. The maximum atomic E-state index is 12.4. The average molecular weight is 258 g/mol. The number of Topliss-reactive ketones (excluding diaryl/α,β-unsaturated/α-hetero) is 1. The van der Waals surface area contributed by atoms with Crippen LogP contribution >= 0.6 is 0 Å². The molecule has 1 unspecified atom stereocenters. The van der Waals surface area contributed by atoms with E-state index in [-0.39, 0.29) is 5.78 Å². The molecule has 1 atom stereocenters. The van der Waals surface area contributed by atoms with Gasteiger partial charge in [-0.25, -0.2) is 0 Å². The van der Waals surface area contributed by atoms with Crippen molar-refractivity contribution in [2.24, 2.45) is 0 Å². The van der Waals surface area contributed by atoms with E-state index in [2.05, 4.69) is 18.2 Å². The molecule has 0 spiro atoms. The molecule has 6 bridgehead atoms. The first-order chi connectivity index (χ1) is 9.81. The van der Waals surface area contributed by atoms with Crippen molar-refractivity contribution in [1.29, 1.82) is 0 Å². The highest BCUT2D eigenvalue weighted by molar-refractivity contribution is 6.14. The summed E-state index contributed by atoms with van der Waals surface area (Å²) in [5.41, 5.74) is 1.77. The maximum Gasteiger partial charge on any atom is 0.207 e. The van der Waals surface area contributed by atoms with Crippen LogP contribution < -0.4 is 4.74 Å². The Morgan fingerprint density at radius 2 is 1.85 bits per heavy atom. The molecule has 0 saturated carbocycles. The summed E-state index contributed by atoms with van der Waals surface area (Å²) < 4.78 is 6.04. The molecule has 0 fully saturated rings. The molecule has 94 valence electrons. The van der Waals surface area contributed by atoms with Crippen LogP contribution in [0.5, 0.6) is 5.75 Å². The summed E-state index contributed by atoms with van der Waals surface area (Å²) in [5.74, 6) is 0.883. The molecule has 2 heteroatoms. The van der Waals surface area contributed by atoms with Crippen LogP contribution in [0.2, 0.25) is 0 Å². The normalized spacial score (nSPS) is 18.8. The van der Waals surface area contributed by atoms with Crippen LogP contribution in [-0.4, -0.2) is 11.9 Å². The molecule has 0 N–H and O–H groups in total. The second-order valence-corrected chi connectivity index (χ2v) is 5.35. The molecular formula is C18H10O2. The summed E-state index contributed by atoms with van der Waals surface area (Å²) in [6, 6.07) is 14.3. The molecule has 1 aliphatic carbocycles. The molecule has 3 aliphatic heterocycles. The van der Waals surface area contributed by atoms with Gasteiger partial charge in [0, 0.05) is 16.3 Å². The van der Waals surface area contributed by atoms with Crippen molar-refractivity contribution in [3.63, 3.8) is 0 Å². The molecule has 3 aromatic rings. The van der Waals surface area contributed by atoms with Crippen LogP contribution in [0.15, 0.2) is 48.5 Å². The van der Waals surface area contributed by atoms with Crippen molar-refractivity contribution in [2.45, 2.75) is 6.10 Å². The minimum Gasteiger partial charge on any atom is -0.477 e. The number of benzene rings is 3. The fraction of sp³-hybridized carbons (Fsp3) is 0.0556. The molecule has 0 aromatic heterocycles. The Bertz CT molecular complexity index is 950. The molecule has 0 radical (unpaired) electrons. The number of carbonyl (C=O) groups excluding carboxylic acids is 1. The summed E-state index contributed by atoms with van der Waals surface area (Å²) in [7, 11) is 0. The third kappa shape index (κ3) is 1.12. The lowest BCUT2D eigenvalue weighted by Gasteiger charge is -2.26. The molecular weight excluding hydrogens is 248 g/mol. The fourth-order valence-electron chi connectivity index (χ4n) is 3.22. The van der Waals surface area contributed by atoms with Gasteiger partial charge < -0.3 is 4.74 Å². The molecule has 7 rings (SSSR count). The summed E-state index contributed by atoms with van der Waals surface area (Å²) in [4.78, 5) is 12.4. The third-order valence-corrected chi connectivity index (χ3v) is 4.20. The van der Waals surface area contributed by atoms with Crippen molar-refractivity contribution < 1.29 is 9.53 Å². The third-order valence-electron chi connectivity index (χ3n) is 4.20. The number of hydrogen-bond donors (Lipinski definition) is 0. The van der Waals surface area contributed by atoms with Crippen molar-refractivity contribution in [2.75, 3.05) is 0 Å². The van der Waals surface area contributed by atoms with Crippen molar-refractivity contribution in [3.05, 3.63) is 59.7 Å². The zero-order valence-corrected chi connectivity index (χ0v) is 10.6. The Morgan fingerprint density at radius 3 is 2.80 bits per heavy atom. The van der Waals surface area contributed by atoms with Gasteiger partial charge in [0.25, 0.3) is 0 Å². The zero-order chi connectivity index (χ0) is 13.3. The first-order valence-electron chi connectivity index (χ1n) is 6.70. The Hall–Kier alpha value is -2.61. The second-order valence-electron chi connectivity index (χ2n) is 5.35. The van der Waals surface area contributed by atoms with Gasteiger partial charge >= 0.3 is 0 Å². The average Bonchev–Trinajstić information content (AvgIpc) is 2.45. The van der Waals surface area contributed by atoms with Gasteiger partial charge in [0.2, 0.25) is 5.78 Å². The van der Waals surface area contributed by atoms with E-state index in [0.717, 1.165) is 38.4 Å². The van der Waals surface area contributed by atoms with E-state index in [0.29, 0.717) is 0 Å². The van der Waals surface area contributed by atoms with Gasteiger partial charge in [0.15, 0.2) is 6.10 Å². The van der Waals surface area contributed by atoms with Gasteiger partial charge in [0.1, 0.15) is 5.75 Å². The molecule has 2 nitrogen and oxygen atoms in total. The minimum absolute atomic E-state index is 0.0558. The quantitative estimate of drug-likeness (QED) is 0.570. The number of hydrogen-bond acceptors (Lipinski definition) is 2. The summed E-state index contributed by atoms with van der Waals surface area (Å²) >= 11 is 0. The highest BCUT2D eigenvalue weighted by Gasteiger charge is 2.29. The molecule has 3 aromatic carbocycles. The van der Waals surface area contributed by atoms with E-state index in [1.807, 2.05) is 36.4 Å². The number of carbonyl (C=O) groups is 1. The second kappa shape index (κ2) is 3.28. The van der Waals surface area contributed by atoms with Gasteiger partial charge in [-0.1, -0.05) is 30.3 Å². The summed E-state index contributed by atoms with van der Waals surface area (Å²) in [5, 5.41) is 4.36. The lowest BCUT2D eigenvalue weighted by Crippen LogP contribution is -2.29. The molecule has 4 aliphatic rings. The Kier molecular flexibility index (Phi) is 1.68. The highest BCUT2D eigenvalue weighted by atomic mass is 16.5. The van der Waals surface area contributed by atoms with Gasteiger partial charge in [-0.3, -0.25) is 4.79 Å². The SMILES string of the molecule is O=C1c2cc3cc4ccccc4c4c3cc2C=CC1O4. The molecule has 20 heavy (non-hydrogen) atoms. The van der Waals surface area contributed by atoms with Crippen LogP contribution in [0.3, 0.4) is 0 Å². The van der Waals surface area contributed by atoms with Gasteiger partial charge in [0.05, 0.1) is 0 Å². The van der Waals surface area contributed by atoms with Gasteiger partial charge in [-0.15, -0.1) is 0 Å². The van der Waals surface area contributed by atoms with Crippen LogP contribution in [0, 0.1) is 0 Å². The Morgan fingerprint density at radius 1 is 0.950 bits per heavy atom. The van der Waals surface area contributed by atoms with E-state index in [1.54, 1.807) is 0 Å². The zero-order valence-electron chi connectivity index (χ0n) is 10.6. The fourth-order valence-corrected chi connectivity index (χ4v) is 3.22. The van der Waals surface area contributed by atoms with Crippen LogP contribution in [0.4, 0.5) is 0 Å². The topological polar surface area (TPSA) is 26.3 Å². The highest BCUT2D eigenvalue weighted by Crippen LogP contribution is 2.41. The Labute approximate surface area is 115 Å². The molecule has 0 saturated heterocycles. The molecule has 3 heterocycles. The first kappa shape index (κ1) is 10.2. The predicted octanol–water partition coefficient (Wildman–Crippen LogP) is 3.96. The lowest BCUT2D eigenvalue weighted by atomic mass is 9.88. The van der Waals surface area contributed by atoms with Crippen molar-refractivity contribution in [1.82, 2.24) is 0 Å². The van der Waals surface area contributed by atoms with Crippen LogP contribution in [-0.2, 0) is 0 Å². The van der Waals surface area contributed by atoms with Crippen LogP contribution in [0.25, 0.3) is 27.6 Å². The van der Waals surface area contributed by atoms with E-state index >= 15 is 0 Å². The first-order valence-corrected chi connectivity index (χ1v) is 6.70. The predicted molar refractivity (Wildman–Crippen MR) is 79.2 cm³/mol. The van der Waals surface area contributed by atoms with Crippen LogP contribution in [0.1, 0.15) is 15.9 Å². The van der Waals surface area contributed by atoms with Gasteiger partial charge in [-0.05, 0) is 40.6 Å². The number of ether oxygens (including phenoxy) is 1. The maximum absolute atomic E-state index is 12.4. The lowest BCUT2D eigenvalue weighted by molar-refractivity contribution is 0.0851. The van der Waals surface area contributed by atoms with Crippen molar-refractivity contribution >= 4 is 33.4 Å². The minimum atomic E-state index is -0.489. The van der Waals surface area contributed by atoms with E-state index in [4.69, 9.17) is 4.74 Å². The Balaban J connectivity index is 2.08. The van der Waals surface area contributed by atoms with E-state index in [9.17, 15) is 4.79 Å². The van der Waals surface area contributed by atoms with Gasteiger partial charge in [-0.2, -0.15) is 0 Å². The number of ketones is 1. The monoisotopic (exact) mass is 258 g/mol. The smallest absolute Gasteiger partial charge is 0.207 e. The summed E-state index contributed by atoms with van der Waals surface area (Å²) in [6.07, 6.45) is 3.34. The largest absolute Gasteiger partial charge is 0.477 e. The summed E-state index contributed by atoms with van der Waals surface area (Å²) in [6.45, 7) is 0. The number of fused-ring (bicyclic) bond motifs is 1.